The van der Waals surface area contributed by atoms with E-state index in [4.69, 9.17) is 9.72 Å². The highest BCUT2D eigenvalue weighted by Gasteiger charge is 2.23. The lowest BCUT2D eigenvalue weighted by Gasteiger charge is -2.25. The molecule has 0 spiro atoms. The highest BCUT2D eigenvalue weighted by atomic mass is 32.1. The van der Waals surface area contributed by atoms with Crippen LogP contribution in [0.4, 0.5) is 10.8 Å². The number of hydrogen-bond acceptors (Lipinski definition) is 6. The minimum Gasteiger partial charge on any atom is -0.494 e. The molecule has 7 heteroatoms. The van der Waals surface area contributed by atoms with Crippen molar-refractivity contribution >= 4 is 38.3 Å². The van der Waals surface area contributed by atoms with Gasteiger partial charge in [-0.1, -0.05) is 31.3 Å². The fraction of sp³-hybridized carbons (Fsp3) is 0.417. The number of carbonyl (C=O) groups excluding carboxylic acids is 1. The predicted octanol–water partition coefficient (Wildman–Crippen LogP) is 4.67. The maximum atomic E-state index is 13.6. The second-order valence-corrected chi connectivity index (χ2v) is 8.66. The van der Waals surface area contributed by atoms with Gasteiger partial charge in [-0.3, -0.25) is 9.69 Å². The van der Waals surface area contributed by atoms with Crippen LogP contribution in [0, 0.1) is 6.92 Å². The average molecular weight is 441 g/mol. The molecule has 0 aliphatic heterocycles. The topological polar surface area (TPSA) is 48.9 Å². The molecular formula is C24H32N4O2S. The molecule has 0 atom stereocenters. The fourth-order valence-electron chi connectivity index (χ4n) is 3.50. The molecule has 1 aromatic heterocycles. The quantitative estimate of drug-likeness (QED) is 0.484. The average Bonchev–Trinajstić information content (AvgIpc) is 3.23. The van der Waals surface area contributed by atoms with Crippen LogP contribution in [0.1, 0.15) is 29.8 Å². The smallest absolute Gasteiger partial charge is 0.260 e. The van der Waals surface area contributed by atoms with E-state index in [9.17, 15) is 4.79 Å². The Balaban J connectivity index is 2.00. The molecule has 0 aliphatic carbocycles. The number of carbonyl (C=O) groups is 1. The number of likely N-dealkylation sites (N-methyl/N-ethyl adjacent to an activating group) is 1. The summed E-state index contributed by atoms with van der Waals surface area (Å²) < 4.78 is 6.57. The molecule has 1 amide bonds. The Hall–Kier alpha value is -2.64. The summed E-state index contributed by atoms with van der Waals surface area (Å²) in [5.74, 6) is 0.697. The van der Waals surface area contributed by atoms with E-state index in [1.165, 1.54) is 0 Å². The van der Waals surface area contributed by atoms with Gasteiger partial charge < -0.3 is 14.5 Å². The molecule has 0 fully saturated rings. The first-order valence-corrected chi connectivity index (χ1v) is 11.5. The molecule has 0 aliphatic rings. The van der Waals surface area contributed by atoms with Gasteiger partial charge in [0.15, 0.2) is 5.13 Å². The van der Waals surface area contributed by atoms with Gasteiger partial charge in [0.2, 0.25) is 0 Å². The van der Waals surface area contributed by atoms with E-state index in [1.54, 1.807) is 18.4 Å². The molecule has 2 aromatic carbocycles. The van der Waals surface area contributed by atoms with E-state index in [0.29, 0.717) is 17.2 Å². The van der Waals surface area contributed by atoms with Gasteiger partial charge in [0.25, 0.3) is 5.91 Å². The van der Waals surface area contributed by atoms with E-state index in [-0.39, 0.29) is 5.91 Å². The number of methoxy groups -OCH3 is 1. The van der Waals surface area contributed by atoms with Crippen LogP contribution >= 0.6 is 11.3 Å². The molecular weight excluding hydrogens is 408 g/mol. The maximum Gasteiger partial charge on any atom is 0.260 e. The standard InChI is InChI=1S/C24H32N4O2S/c1-7-27(8-2)15-16-28(23(29)18-10-12-19(13-11-18)26(4)5)24-25-21-20(30-6)14-9-17(3)22(21)31-24/h9-14H,7-8,15-16H2,1-6H3. The highest BCUT2D eigenvalue weighted by molar-refractivity contribution is 7.22. The third-order valence-corrected chi connectivity index (χ3v) is 6.77. The summed E-state index contributed by atoms with van der Waals surface area (Å²) in [5, 5.41) is 0.705. The van der Waals surface area contributed by atoms with Crippen molar-refractivity contribution in [2.75, 3.05) is 57.2 Å². The lowest BCUT2D eigenvalue weighted by molar-refractivity contribution is 0.0984. The summed E-state index contributed by atoms with van der Waals surface area (Å²) in [6.07, 6.45) is 0. The van der Waals surface area contributed by atoms with Crippen molar-refractivity contribution in [3.63, 3.8) is 0 Å². The molecule has 0 N–H and O–H groups in total. The molecule has 0 bridgehead atoms. The highest BCUT2D eigenvalue weighted by Crippen LogP contribution is 2.36. The zero-order valence-electron chi connectivity index (χ0n) is 19.3. The predicted molar refractivity (Wildman–Crippen MR) is 131 cm³/mol. The normalized spacial score (nSPS) is 11.2. The molecule has 0 radical (unpaired) electrons. The molecule has 0 saturated carbocycles. The zero-order chi connectivity index (χ0) is 22.5. The van der Waals surface area contributed by atoms with Crippen LogP contribution in [0.2, 0.25) is 0 Å². The molecule has 6 nitrogen and oxygen atoms in total. The van der Waals surface area contributed by atoms with E-state index in [2.05, 4.69) is 25.7 Å². The number of anilines is 2. The summed E-state index contributed by atoms with van der Waals surface area (Å²) in [5.41, 5.74) is 3.66. The van der Waals surface area contributed by atoms with Crippen LogP contribution in [-0.4, -0.2) is 63.2 Å². The number of fused-ring (bicyclic) bond motifs is 1. The molecule has 1 heterocycles. The van der Waals surface area contributed by atoms with Crippen molar-refractivity contribution in [2.24, 2.45) is 0 Å². The van der Waals surface area contributed by atoms with Crippen molar-refractivity contribution in [3.05, 3.63) is 47.5 Å². The van der Waals surface area contributed by atoms with E-state index in [1.807, 2.05) is 60.3 Å². The SMILES string of the molecule is CCN(CC)CCN(C(=O)c1ccc(N(C)C)cc1)c1nc2c(OC)ccc(C)c2s1. The van der Waals surface area contributed by atoms with E-state index >= 15 is 0 Å². The number of aromatic nitrogens is 1. The molecule has 3 rings (SSSR count). The van der Waals surface area contributed by atoms with Gasteiger partial charge in [-0.25, -0.2) is 4.98 Å². The summed E-state index contributed by atoms with van der Waals surface area (Å²) in [7, 11) is 5.63. The molecule has 3 aromatic rings. The lowest BCUT2D eigenvalue weighted by Crippen LogP contribution is -2.38. The number of thiazole rings is 1. The van der Waals surface area contributed by atoms with Gasteiger partial charge in [0, 0.05) is 38.4 Å². The first-order valence-electron chi connectivity index (χ1n) is 10.6. The summed E-state index contributed by atoms with van der Waals surface area (Å²) in [6, 6.07) is 11.7. The van der Waals surface area contributed by atoms with Crippen LogP contribution < -0.4 is 14.5 Å². The number of rotatable bonds is 9. The Bertz CT molecular complexity index is 1030. The van der Waals surface area contributed by atoms with Crippen molar-refractivity contribution in [1.82, 2.24) is 9.88 Å². The van der Waals surface area contributed by atoms with Crippen molar-refractivity contribution in [2.45, 2.75) is 20.8 Å². The maximum absolute atomic E-state index is 13.6. The third-order valence-electron chi connectivity index (χ3n) is 5.55. The first kappa shape index (κ1) is 23.0. The van der Waals surface area contributed by atoms with Crippen molar-refractivity contribution in [3.8, 4) is 5.75 Å². The van der Waals surface area contributed by atoms with Gasteiger partial charge in [-0.15, -0.1) is 0 Å². The van der Waals surface area contributed by atoms with Crippen LogP contribution in [0.15, 0.2) is 36.4 Å². The van der Waals surface area contributed by atoms with Gasteiger partial charge in [0.1, 0.15) is 11.3 Å². The second kappa shape index (κ2) is 10.1. The van der Waals surface area contributed by atoms with Gasteiger partial charge in [0.05, 0.1) is 11.8 Å². The minimum atomic E-state index is -0.0341. The number of ether oxygens (including phenoxy) is 1. The third kappa shape index (κ3) is 4.99. The molecule has 0 unspecified atom stereocenters. The fourth-order valence-corrected chi connectivity index (χ4v) is 4.58. The number of hydrogen-bond donors (Lipinski definition) is 0. The second-order valence-electron chi connectivity index (χ2n) is 7.68. The zero-order valence-corrected chi connectivity index (χ0v) is 20.1. The van der Waals surface area contributed by atoms with E-state index in [0.717, 1.165) is 46.9 Å². The van der Waals surface area contributed by atoms with Gasteiger partial charge >= 0.3 is 0 Å². The summed E-state index contributed by atoms with van der Waals surface area (Å²) in [4.78, 5) is 24.5. The van der Waals surface area contributed by atoms with Crippen LogP contribution in [0.3, 0.4) is 0 Å². The lowest BCUT2D eigenvalue weighted by atomic mass is 10.1. The number of aryl methyl sites for hydroxylation is 1. The summed E-state index contributed by atoms with van der Waals surface area (Å²) in [6.45, 7) is 9.61. The summed E-state index contributed by atoms with van der Waals surface area (Å²) >= 11 is 1.55. The van der Waals surface area contributed by atoms with Gasteiger partial charge in [-0.05, 0) is 55.9 Å². The van der Waals surface area contributed by atoms with Crippen LogP contribution in [0.25, 0.3) is 10.2 Å². The van der Waals surface area contributed by atoms with Crippen molar-refractivity contribution < 1.29 is 9.53 Å². The Morgan fingerprint density at radius 2 is 1.71 bits per heavy atom. The van der Waals surface area contributed by atoms with Gasteiger partial charge in [-0.2, -0.15) is 0 Å². The number of benzene rings is 2. The Morgan fingerprint density at radius 3 is 2.29 bits per heavy atom. The monoisotopic (exact) mass is 440 g/mol. The van der Waals surface area contributed by atoms with Crippen LogP contribution in [-0.2, 0) is 0 Å². The van der Waals surface area contributed by atoms with E-state index < -0.39 is 0 Å². The Kier molecular flexibility index (Phi) is 7.51. The molecule has 0 saturated heterocycles. The minimum absolute atomic E-state index is 0.0341. The van der Waals surface area contributed by atoms with Crippen LogP contribution in [0.5, 0.6) is 5.75 Å². The first-order chi connectivity index (χ1) is 14.9. The largest absolute Gasteiger partial charge is 0.494 e. The van der Waals surface area contributed by atoms with Crippen molar-refractivity contribution in [1.29, 1.82) is 0 Å². The molecule has 31 heavy (non-hydrogen) atoms. The number of nitrogens with zero attached hydrogens (tertiary/aromatic N) is 4. The Morgan fingerprint density at radius 1 is 1.03 bits per heavy atom. The Labute approximate surface area is 189 Å². The number of amides is 1. The molecule has 166 valence electrons.